The van der Waals surface area contributed by atoms with E-state index in [1.165, 1.54) is 62.1 Å². The summed E-state index contributed by atoms with van der Waals surface area (Å²) in [5.74, 6) is 0.748. The van der Waals surface area contributed by atoms with E-state index in [1.807, 2.05) is 16.8 Å². The van der Waals surface area contributed by atoms with Crippen molar-refractivity contribution in [3.63, 3.8) is 0 Å². The Morgan fingerprint density at radius 3 is 2.66 bits per heavy atom. The molecule has 3 aliphatic rings. The highest BCUT2D eigenvalue weighted by atomic mass is 16.2. The molecule has 1 N–H and O–H groups in total. The molecule has 5 rings (SSSR count). The third kappa shape index (κ3) is 2.93. The summed E-state index contributed by atoms with van der Waals surface area (Å²) >= 11 is 0. The van der Waals surface area contributed by atoms with Crippen LogP contribution in [0.4, 0.5) is 5.82 Å². The molecule has 2 aromatic heterocycles. The average molecular weight is 396 g/mol. The lowest BCUT2D eigenvalue weighted by molar-refractivity contribution is -0.144. The molecular formula is C22H29N5O2. The smallest absolute Gasteiger partial charge is 0.226 e. The number of amides is 2. The molecule has 7 heteroatoms. The third-order valence-electron chi connectivity index (χ3n) is 7.34. The van der Waals surface area contributed by atoms with E-state index in [0.29, 0.717) is 0 Å². The van der Waals surface area contributed by atoms with Gasteiger partial charge in [-0.25, -0.2) is 4.98 Å². The number of imide groups is 1. The fourth-order valence-corrected chi connectivity index (χ4v) is 6.07. The van der Waals surface area contributed by atoms with Gasteiger partial charge in [-0.15, -0.1) is 0 Å². The van der Waals surface area contributed by atoms with E-state index in [1.54, 1.807) is 0 Å². The first-order valence-electron chi connectivity index (χ1n) is 10.9. The Bertz CT molecular complexity index is 961. The number of rotatable bonds is 3. The van der Waals surface area contributed by atoms with E-state index < -0.39 is 0 Å². The monoisotopic (exact) mass is 395 g/mol. The van der Waals surface area contributed by atoms with Crippen LogP contribution in [0.25, 0.3) is 5.65 Å². The van der Waals surface area contributed by atoms with E-state index in [0.717, 1.165) is 37.1 Å². The maximum absolute atomic E-state index is 11.9. The Morgan fingerprint density at radius 2 is 1.93 bits per heavy atom. The number of nitrogens with one attached hydrogen (secondary N) is 1. The van der Waals surface area contributed by atoms with Gasteiger partial charge in [0.1, 0.15) is 5.82 Å². The molecule has 2 saturated carbocycles. The SMILES string of the molecule is CC(=O)N(C(C)=O)[C@@H]1CC[C@@H](Nc2c3c(nc4ccnn24)C2(CCCC2)CC3)C1. The van der Waals surface area contributed by atoms with Crippen LogP contribution in [0.2, 0.25) is 0 Å². The molecule has 0 aliphatic heterocycles. The minimum Gasteiger partial charge on any atom is -0.367 e. The van der Waals surface area contributed by atoms with Crippen molar-refractivity contribution in [1.82, 2.24) is 19.5 Å². The topological polar surface area (TPSA) is 79.6 Å². The van der Waals surface area contributed by atoms with Crippen molar-refractivity contribution in [2.45, 2.75) is 89.1 Å². The Hall–Kier alpha value is -2.44. The standard InChI is InChI=1S/C22H29N5O2/c1-14(28)26(15(2)29)17-6-5-16(13-17)24-21-18-7-11-22(9-3-4-10-22)20(18)25-19-8-12-23-27(19)21/h8,12,16-17,24H,3-7,9-11,13H2,1-2H3/t16-,17-/m1/s1. The van der Waals surface area contributed by atoms with Gasteiger partial charge in [-0.1, -0.05) is 12.8 Å². The lowest BCUT2D eigenvalue weighted by Crippen LogP contribution is -2.41. The maximum Gasteiger partial charge on any atom is 0.226 e. The average Bonchev–Trinajstić information content (AvgIpc) is 3.45. The van der Waals surface area contributed by atoms with Crippen LogP contribution >= 0.6 is 0 Å². The first-order chi connectivity index (χ1) is 14.0. The van der Waals surface area contributed by atoms with E-state index in [4.69, 9.17) is 4.98 Å². The number of hydrogen-bond donors (Lipinski definition) is 1. The highest BCUT2D eigenvalue weighted by molar-refractivity contribution is 5.93. The highest BCUT2D eigenvalue weighted by Crippen LogP contribution is 2.51. The minimum absolute atomic E-state index is 0.0216. The fraction of sp³-hybridized carbons (Fsp3) is 0.636. The van der Waals surface area contributed by atoms with Crippen molar-refractivity contribution in [3.8, 4) is 0 Å². The molecule has 0 aromatic carbocycles. The molecule has 0 unspecified atom stereocenters. The van der Waals surface area contributed by atoms with Gasteiger partial charge in [0.2, 0.25) is 11.8 Å². The Labute approximate surface area is 170 Å². The number of carbonyl (C=O) groups is 2. The third-order valence-corrected chi connectivity index (χ3v) is 7.34. The summed E-state index contributed by atoms with van der Waals surface area (Å²) in [6, 6.07) is 2.18. The van der Waals surface area contributed by atoms with Gasteiger partial charge in [0.15, 0.2) is 5.65 Å². The lowest BCUT2D eigenvalue weighted by atomic mass is 9.83. The molecule has 0 saturated heterocycles. The number of anilines is 1. The number of aromatic nitrogens is 3. The summed E-state index contributed by atoms with van der Waals surface area (Å²) in [5.41, 5.74) is 3.77. The first-order valence-corrected chi connectivity index (χ1v) is 10.9. The highest BCUT2D eigenvalue weighted by Gasteiger charge is 2.44. The quantitative estimate of drug-likeness (QED) is 0.863. The number of hydrogen-bond acceptors (Lipinski definition) is 5. The molecule has 0 bridgehead atoms. The summed E-state index contributed by atoms with van der Waals surface area (Å²) < 4.78 is 1.94. The van der Waals surface area contributed by atoms with Crippen molar-refractivity contribution in [1.29, 1.82) is 0 Å². The van der Waals surface area contributed by atoms with Crippen LogP contribution in [-0.4, -0.2) is 43.4 Å². The van der Waals surface area contributed by atoms with Crippen LogP contribution in [0.1, 0.15) is 76.5 Å². The van der Waals surface area contributed by atoms with E-state index in [2.05, 4.69) is 10.4 Å². The van der Waals surface area contributed by atoms with Crippen molar-refractivity contribution in [2.75, 3.05) is 5.32 Å². The van der Waals surface area contributed by atoms with Gasteiger partial charge in [-0.3, -0.25) is 14.5 Å². The van der Waals surface area contributed by atoms with Crippen molar-refractivity contribution < 1.29 is 9.59 Å². The maximum atomic E-state index is 11.9. The second-order valence-electron chi connectivity index (χ2n) is 9.09. The van der Waals surface area contributed by atoms with E-state index >= 15 is 0 Å². The molecular weight excluding hydrogens is 366 g/mol. The zero-order valence-corrected chi connectivity index (χ0v) is 17.3. The van der Waals surface area contributed by atoms with Crippen LogP contribution in [0, 0.1) is 0 Å². The second-order valence-corrected chi connectivity index (χ2v) is 9.09. The molecule has 154 valence electrons. The van der Waals surface area contributed by atoms with E-state index in [-0.39, 0.29) is 29.3 Å². The van der Waals surface area contributed by atoms with Crippen molar-refractivity contribution >= 4 is 23.3 Å². The number of carbonyl (C=O) groups excluding carboxylic acids is 2. The molecule has 29 heavy (non-hydrogen) atoms. The summed E-state index contributed by atoms with van der Waals surface area (Å²) in [6.07, 6.45) is 11.7. The van der Waals surface area contributed by atoms with Crippen molar-refractivity contribution in [2.24, 2.45) is 0 Å². The second kappa shape index (κ2) is 6.82. The van der Waals surface area contributed by atoms with Gasteiger partial charge in [-0.05, 0) is 44.9 Å². The van der Waals surface area contributed by atoms with Gasteiger partial charge in [0.05, 0.1) is 11.9 Å². The van der Waals surface area contributed by atoms with Crippen LogP contribution in [-0.2, 0) is 21.4 Å². The summed E-state index contributed by atoms with van der Waals surface area (Å²) in [5, 5.41) is 8.29. The lowest BCUT2D eigenvalue weighted by Gasteiger charge is -2.26. The normalized spacial score (nSPS) is 24.9. The van der Waals surface area contributed by atoms with Gasteiger partial charge in [0, 0.05) is 43.0 Å². The largest absolute Gasteiger partial charge is 0.367 e. The summed E-state index contributed by atoms with van der Waals surface area (Å²) in [6.45, 7) is 2.96. The van der Waals surface area contributed by atoms with E-state index in [9.17, 15) is 9.59 Å². The fourth-order valence-electron chi connectivity index (χ4n) is 6.07. The summed E-state index contributed by atoms with van der Waals surface area (Å²) in [4.78, 5) is 30.3. The van der Waals surface area contributed by atoms with Crippen molar-refractivity contribution in [3.05, 3.63) is 23.5 Å². The van der Waals surface area contributed by atoms with Crippen LogP contribution in [0.15, 0.2) is 12.3 Å². The molecule has 0 radical (unpaired) electrons. The van der Waals surface area contributed by atoms with Gasteiger partial charge >= 0.3 is 0 Å². The Balaban J connectivity index is 1.45. The molecule has 3 aliphatic carbocycles. The predicted octanol–water partition coefficient (Wildman–Crippen LogP) is 3.22. The zero-order valence-electron chi connectivity index (χ0n) is 17.3. The number of nitrogens with zero attached hydrogens (tertiary/aromatic N) is 4. The van der Waals surface area contributed by atoms with Gasteiger partial charge in [0.25, 0.3) is 0 Å². The first kappa shape index (κ1) is 18.6. The zero-order chi connectivity index (χ0) is 20.2. The number of fused-ring (bicyclic) bond motifs is 3. The van der Waals surface area contributed by atoms with Crippen LogP contribution in [0.5, 0.6) is 0 Å². The molecule has 7 nitrogen and oxygen atoms in total. The Morgan fingerprint density at radius 1 is 1.17 bits per heavy atom. The minimum atomic E-state index is -0.161. The molecule has 2 atom stereocenters. The van der Waals surface area contributed by atoms with Gasteiger partial charge < -0.3 is 5.32 Å². The molecule has 2 heterocycles. The van der Waals surface area contributed by atoms with Crippen LogP contribution in [0.3, 0.4) is 0 Å². The van der Waals surface area contributed by atoms with Crippen LogP contribution < -0.4 is 5.32 Å². The van der Waals surface area contributed by atoms with Gasteiger partial charge in [-0.2, -0.15) is 9.61 Å². The predicted molar refractivity (Wildman–Crippen MR) is 110 cm³/mol. The molecule has 2 aromatic rings. The molecule has 1 spiro atoms. The summed E-state index contributed by atoms with van der Waals surface area (Å²) in [7, 11) is 0. The molecule has 2 fully saturated rings. The Kier molecular flexibility index (Phi) is 4.37. The molecule has 2 amide bonds.